The molecule has 0 aliphatic carbocycles. The molecule has 0 heterocycles. The number of benzene rings is 1. The van der Waals surface area contributed by atoms with Gasteiger partial charge in [0, 0.05) is 12.2 Å². The summed E-state index contributed by atoms with van der Waals surface area (Å²) in [6.07, 6.45) is 2.53. The van der Waals surface area contributed by atoms with Gasteiger partial charge in [0.25, 0.3) is 5.91 Å². The lowest BCUT2D eigenvalue weighted by molar-refractivity contribution is 0.0955. The number of anilines is 1. The Morgan fingerprint density at radius 2 is 2.33 bits per heavy atom. The smallest absolute Gasteiger partial charge is 0.253 e. The number of nitrogen functional groups attached to an aromatic ring is 1. The summed E-state index contributed by atoms with van der Waals surface area (Å²) in [7, 11) is 0. The van der Waals surface area contributed by atoms with E-state index in [9.17, 15) is 4.79 Å². The summed E-state index contributed by atoms with van der Waals surface area (Å²) < 4.78 is 0. The summed E-state index contributed by atoms with van der Waals surface area (Å²) in [4.78, 5) is 11.7. The molecule has 0 atom stereocenters. The van der Waals surface area contributed by atoms with E-state index < -0.39 is 0 Å². The lowest BCUT2D eigenvalue weighted by atomic mass is 10.1. The molecule has 0 radical (unpaired) electrons. The van der Waals surface area contributed by atoms with Crippen molar-refractivity contribution in [2.75, 3.05) is 12.3 Å². The molecule has 0 unspecified atom stereocenters. The number of carbonyl (C=O) groups is 1. The molecule has 0 saturated carbocycles. The van der Waals surface area contributed by atoms with Gasteiger partial charge in [-0.05, 0) is 25.0 Å². The van der Waals surface area contributed by atoms with Gasteiger partial charge in [0.1, 0.15) is 0 Å². The van der Waals surface area contributed by atoms with Crippen LogP contribution < -0.4 is 11.1 Å². The second-order valence-electron chi connectivity index (χ2n) is 3.37. The summed E-state index contributed by atoms with van der Waals surface area (Å²) in [5, 5.41) is 2.78. The fraction of sp³-hybridized carbons (Fsp3) is 0.250. The normalized spacial score (nSPS) is 9.67. The van der Waals surface area contributed by atoms with Gasteiger partial charge in [-0.2, -0.15) is 0 Å². The molecule has 0 bridgehead atoms. The van der Waals surface area contributed by atoms with Crippen LogP contribution in [0.15, 0.2) is 30.9 Å². The fourth-order valence-corrected chi connectivity index (χ4v) is 1.26. The van der Waals surface area contributed by atoms with E-state index >= 15 is 0 Å². The van der Waals surface area contributed by atoms with Gasteiger partial charge in [-0.1, -0.05) is 18.2 Å². The van der Waals surface area contributed by atoms with Crippen molar-refractivity contribution in [2.24, 2.45) is 0 Å². The predicted octanol–water partition coefficient (Wildman–Crippen LogP) is 1.88. The topological polar surface area (TPSA) is 55.1 Å². The van der Waals surface area contributed by atoms with E-state index in [1.54, 1.807) is 12.1 Å². The highest BCUT2D eigenvalue weighted by atomic mass is 16.1. The van der Waals surface area contributed by atoms with Crippen molar-refractivity contribution in [1.82, 2.24) is 5.32 Å². The molecular weight excluding hydrogens is 188 g/mol. The first-order chi connectivity index (χ1) is 7.16. The van der Waals surface area contributed by atoms with Gasteiger partial charge in [0.05, 0.1) is 5.56 Å². The number of carbonyl (C=O) groups excluding carboxylic acids is 1. The van der Waals surface area contributed by atoms with Crippen molar-refractivity contribution in [2.45, 2.75) is 13.3 Å². The molecule has 80 valence electrons. The number of para-hydroxylation sites is 1. The first-order valence-corrected chi connectivity index (χ1v) is 4.91. The van der Waals surface area contributed by atoms with Crippen LogP contribution in [0.25, 0.3) is 0 Å². The minimum atomic E-state index is -0.127. The summed E-state index contributed by atoms with van der Waals surface area (Å²) in [5.41, 5.74) is 7.82. The molecule has 1 rings (SSSR count). The minimum Gasteiger partial charge on any atom is -0.398 e. The van der Waals surface area contributed by atoms with Crippen LogP contribution in [-0.4, -0.2) is 12.5 Å². The standard InChI is InChI=1S/C12H16N2O/c1-3-4-8-14-12(15)10-7-5-6-9(2)11(10)13/h3,5-7H,1,4,8,13H2,2H3,(H,14,15). The molecule has 1 aromatic rings. The molecule has 3 N–H and O–H groups in total. The van der Waals surface area contributed by atoms with E-state index in [1.807, 2.05) is 19.1 Å². The van der Waals surface area contributed by atoms with E-state index in [4.69, 9.17) is 5.73 Å². The number of aryl methyl sites for hydroxylation is 1. The maximum Gasteiger partial charge on any atom is 0.253 e. The van der Waals surface area contributed by atoms with Gasteiger partial charge < -0.3 is 11.1 Å². The van der Waals surface area contributed by atoms with Crippen molar-refractivity contribution in [3.8, 4) is 0 Å². The van der Waals surface area contributed by atoms with Gasteiger partial charge in [0.15, 0.2) is 0 Å². The van der Waals surface area contributed by atoms with Crippen LogP contribution in [0.2, 0.25) is 0 Å². The average Bonchev–Trinajstić information content (AvgIpc) is 2.22. The van der Waals surface area contributed by atoms with Gasteiger partial charge >= 0.3 is 0 Å². The summed E-state index contributed by atoms with van der Waals surface area (Å²) >= 11 is 0. The zero-order valence-electron chi connectivity index (χ0n) is 8.92. The van der Waals surface area contributed by atoms with Crippen LogP contribution in [-0.2, 0) is 0 Å². The molecule has 1 amide bonds. The molecule has 0 fully saturated rings. The fourth-order valence-electron chi connectivity index (χ4n) is 1.26. The van der Waals surface area contributed by atoms with Crippen LogP contribution >= 0.6 is 0 Å². The van der Waals surface area contributed by atoms with Crippen molar-refractivity contribution in [3.63, 3.8) is 0 Å². The second kappa shape index (κ2) is 5.20. The second-order valence-corrected chi connectivity index (χ2v) is 3.37. The first kappa shape index (κ1) is 11.3. The Morgan fingerprint density at radius 3 is 3.00 bits per heavy atom. The Labute approximate surface area is 90.0 Å². The Bertz CT molecular complexity index is 372. The predicted molar refractivity (Wildman–Crippen MR) is 62.7 cm³/mol. The Balaban J connectivity index is 2.73. The third-order valence-electron chi connectivity index (χ3n) is 2.20. The zero-order chi connectivity index (χ0) is 11.3. The van der Waals surface area contributed by atoms with Crippen molar-refractivity contribution >= 4 is 11.6 Å². The Hall–Kier alpha value is -1.77. The van der Waals surface area contributed by atoms with Crippen LogP contribution in [0.5, 0.6) is 0 Å². The van der Waals surface area contributed by atoms with Gasteiger partial charge in [-0.15, -0.1) is 6.58 Å². The van der Waals surface area contributed by atoms with Crippen molar-refractivity contribution in [1.29, 1.82) is 0 Å². The molecule has 3 heteroatoms. The highest BCUT2D eigenvalue weighted by molar-refractivity contribution is 5.99. The number of amides is 1. The average molecular weight is 204 g/mol. The van der Waals surface area contributed by atoms with E-state index in [0.29, 0.717) is 17.8 Å². The molecular formula is C12H16N2O. The van der Waals surface area contributed by atoms with Crippen LogP contribution in [0.3, 0.4) is 0 Å². The lowest BCUT2D eigenvalue weighted by Crippen LogP contribution is -2.25. The van der Waals surface area contributed by atoms with Crippen molar-refractivity contribution < 1.29 is 4.79 Å². The van der Waals surface area contributed by atoms with Gasteiger partial charge in [-0.25, -0.2) is 0 Å². The van der Waals surface area contributed by atoms with Gasteiger partial charge in [0.2, 0.25) is 0 Å². The zero-order valence-corrected chi connectivity index (χ0v) is 8.92. The molecule has 3 nitrogen and oxygen atoms in total. The van der Waals surface area contributed by atoms with Crippen molar-refractivity contribution in [3.05, 3.63) is 42.0 Å². The summed E-state index contributed by atoms with van der Waals surface area (Å²) in [5.74, 6) is -0.127. The Morgan fingerprint density at radius 1 is 1.60 bits per heavy atom. The number of nitrogens with one attached hydrogen (secondary N) is 1. The molecule has 0 aliphatic heterocycles. The quantitative estimate of drug-likeness (QED) is 0.447. The van der Waals surface area contributed by atoms with E-state index in [-0.39, 0.29) is 5.91 Å². The number of rotatable bonds is 4. The van der Waals surface area contributed by atoms with Gasteiger partial charge in [-0.3, -0.25) is 4.79 Å². The van der Waals surface area contributed by atoms with Crippen LogP contribution in [0.1, 0.15) is 22.3 Å². The molecule has 0 aromatic heterocycles. The maximum atomic E-state index is 11.7. The highest BCUT2D eigenvalue weighted by Crippen LogP contribution is 2.15. The third-order valence-corrected chi connectivity index (χ3v) is 2.20. The monoisotopic (exact) mass is 204 g/mol. The highest BCUT2D eigenvalue weighted by Gasteiger charge is 2.09. The van der Waals surface area contributed by atoms with E-state index in [2.05, 4.69) is 11.9 Å². The summed E-state index contributed by atoms with van der Waals surface area (Å²) in [6, 6.07) is 5.44. The van der Waals surface area contributed by atoms with E-state index in [1.165, 1.54) is 0 Å². The molecule has 0 aliphatic rings. The lowest BCUT2D eigenvalue weighted by Gasteiger charge is -2.08. The molecule has 1 aromatic carbocycles. The minimum absolute atomic E-state index is 0.127. The number of nitrogens with two attached hydrogens (primary N) is 1. The largest absolute Gasteiger partial charge is 0.398 e. The Kier molecular flexibility index (Phi) is 3.92. The molecule has 0 spiro atoms. The third kappa shape index (κ3) is 2.84. The maximum absolute atomic E-state index is 11.7. The van der Waals surface area contributed by atoms with Crippen LogP contribution in [0, 0.1) is 6.92 Å². The van der Waals surface area contributed by atoms with E-state index in [0.717, 1.165) is 12.0 Å². The first-order valence-electron chi connectivity index (χ1n) is 4.91. The SMILES string of the molecule is C=CCCNC(=O)c1cccc(C)c1N. The molecule has 15 heavy (non-hydrogen) atoms. The summed E-state index contributed by atoms with van der Waals surface area (Å²) in [6.45, 7) is 6.06. The van der Waals surface area contributed by atoms with Crippen LogP contribution in [0.4, 0.5) is 5.69 Å². The molecule has 0 saturated heterocycles. The number of hydrogen-bond acceptors (Lipinski definition) is 2. The number of hydrogen-bond donors (Lipinski definition) is 2.